The average molecular weight is 257 g/mol. The summed E-state index contributed by atoms with van der Waals surface area (Å²) in [7, 11) is 3.27. The Bertz CT molecular complexity index is 211. The molecule has 0 aromatic carbocycles. The number of nitrogens with zero attached hydrogens (tertiary/aromatic N) is 1. The number of rotatable bonds is 3. The van der Waals surface area contributed by atoms with Crippen molar-refractivity contribution in [3.05, 3.63) is 0 Å². The van der Waals surface area contributed by atoms with Crippen LogP contribution >= 0.6 is 0 Å². The van der Waals surface area contributed by atoms with Crippen molar-refractivity contribution in [2.75, 3.05) is 20.7 Å². The smallest absolute Gasteiger partial charge is 0.380 e. The second-order valence-corrected chi connectivity index (χ2v) is 3.80. The summed E-state index contributed by atoms with van der Waals surface area (Å²) < 4.78 is 45.4. The van der Waals surface area contributed by atoms with Crippen molar-refractivity contribution in [3.63, 3.8) is 0 Å². The lowest BCUT2D eigenvalue weighted by atomic mass is 10.1. The Labute approximate surface area is 101 Å². The maximum atomic E-state index is 12.1. The Hall–Kier alpha value is -0.330. The van der Waals surface area contributed by atoms with Crippen LogP contribution in [0.15, 0.2) is 0 Å². The zero-order valence-electron chi connectivity index (χ0n) is 11.0. The van der Waals surface area contributed by atoms with Gasteiger partial charge in [0.1, 0.15) is 0 Å². The fraction of sp³-hybridized carbons (Fsp3) is 1.00. The Morgan fingerprint density at radius 2 is 1.82 bits per heavy atom. The van der Waals surface area contributed by atoms with Crippen LogP contribution in [0.1, 0.15) is 27.2 Å². The number of likely N-dealkylation sites (tertiary alicyclic amines) is 1. The Balaban J connectivity index is 0.00000121. The number of methoxy groups -OCH3 is 1. The van der Waals surface area contributed by atoms with Gasteiger partial charge in [-0.05, 0) is 20.4 Å². The molecular weight excluding hydrogens is 235 g/mol. The monoisotopic (exact) mass is 257 g/mol. The number of ether oxygens (including phenoxy) is 2. The predicted molar refractivity (Wildman–Crippen MR) is 59.8 cm³/mol. The fourth-order valence-corrected chi connectivity index (χ4v) is 2.03. The van der Waals surface area contributed by atoms with Crippen LogP contribution in [0, 0.1) is 0 Å². The molecule has 17 heavy (non-hydrogen) atoms. The third kappa shape index (κ3) is 5.23. The van der Waals surface area contributed by atoms with E-state index in [9.17, 15) is 13.2 Å². The highest BCUT2D eigenvalue weighted by atomic mass is 19.4. The summed E-state index contributed by atoms with van der Waals surface area (Å²) in [6, 6.07) is -0.336. The Morgan fingerprint density at radius 3 is 2.24 bits per heavy atom. The maximum Gasteiger partial charge on any atom is 0.522 e. The number of likely N-dealkylation sites (N-methyl/N-ethyl adjacent to an activating group) is 1. The molecule has 104 valence electrons. The third-order valence-corrected chi connectivity index (χ3v) is 2.79. The topological polar surface area (TPSA) is 21.7 Å². The van der Waals surface area contributed by atoms with Crippen LogP contribution in [-0.4, -0.2) is 50.2 Å². The highest BCUT2D eigenvalue weighted by Gasteiger charge is 2.43. The van der Waals surface area contributed by atoms with E-state index in [2.05, 4.69) is 4.74 Å². The minimum Gasteiger partial charge on any atom is -0.380 e. The molecule has 1 rings (SSSR count). The van der Waals surface area contributed by atoms with Crippen molar-refractivity contribution >= 4 is 0 Å². The van der Waals surface area contributed by atoms with Gasteiger partial charge < -0.3 is 4.74 Å². The summed E-state index contributed by atoms with van der Waals surface area (Å²) >= 11 is 0. The Kier molecular flexibility index (Phi) is 7.04. The second kappa shape index (κ2) is 7.18. The quantitative estimate of drug-likeness (QED) is 0.776. The van der Waals surface area contributed by atoms with Crippen LogP contribution in [-0.2, 0) is 9.47 Å². The molecule has 0 aromatic rings. The van der Waals surface area contributed by atoms with Gasteiger partial charge in [0, 0.05) is 13.7 Å². The molecule has 0 saturated carbocycles. The molecule has 0 N–H and O–H groups in total. The van der Waals surface area contributed by atoms with Crippen LogP contribution in [0.3, 0.4) is 0 Å². The van der Waals surface area contributed by atoms with E-state index in [-0.39, 0.29) is 12.1 Å². The van der Waals surface area contributed by atoms with Crippen molar-refractivity contribution in [3.8, 4) is 0 Å². The molecule has 0 aromatic heterocycles. The van der Waals surface area contributed by atoms with E-state index in [0.717, 1.165) is 0 Å². The first-order valence-electron chi connectivity index (χ1n) is 5.82. The summed E-state index contributed by atoms with van der Waals surface area (Å²) in [5.41, 5.74) is 0. The molecule has 1 saturated heterocycles. The highest BCUT2D eigenvalue weighted by Crippen LogP contribution is 2.29. The van der Waals surface area contributed by atoms with Gasteiger partial charge in [-0.2, -0.15) is 0 Å². The standard InChI is InChI=1S/C9H16F3NO2.C2H6/c1-6(14-3)8-7(4-5-13(8)2)15-9(10,11)12;1-2/h6-8H,4-5H2,1-3H3;1-2H3/t6-,7-,8+;/m0./s1. The minimum absolute atomic E-state index is 0.273. The maximum absolute atomic E-state index is 12.1. The molecule has 1 aliphatic rings. The van der Waals surface area contributed by atoms with Crippen LogP contribution in [0.4, 0.5) is 13.2 Å². The lowest BCUT2D eigenvalue weighted by molar-refractivity contribution is -0.346. The first kappa shape index (κ1) is 16.7. The fourth-order valence-electron chi connectivity index (χ4n) is 2.03. The van der Waals surface area contributed by atoms with Crippen molar-refractivity contribution < 1.29 is 22.6 Å². The highest BCUT2D eigenvalue weighted by molar-refractivity contribution is 4.90. The predicted octanol–water partition coefficient (Wildman–Crippen LogP) is 2.66. The summed E-state index contributed by atoms with van der Waals surface area (Å²) in [5.74, 6) is 0. The SMILES string of the molecule is CC.CO[C@@H](C)[C@@H]1[C@@H](OC(F)(F)F)CCN1C. The molecule has 0 spiro atoms. The summed E-state index contributed by atoms with van der Waals surface area (Å²) in [6.45, 7) is 6.35. The first-order chi connectivity index (χ1) is 7.85. The molecule has 1 heterocycles. The van der Waals surface area contributed by atoms with Gasteiger partial charge in [-0.15, -0.1) is 13.2 Å². The van der Waals surface area contributed by atoms with Gasteiger partial charge in [-0.25, -0.2) is 0 Å². The third-order valence-electron chi connectivity index (χ3n) is 2.79. The molecule has 0 unspecified atom stereocenters. The Morgan fingerprint density at radius 1 is 1.29 bits per heavy atom. The van der Waals surface area contributed by atoms with E-state index in [0.29, 0.717) is 13.0 Å². The van der Waals surface area contributed by atoms with Crippen molar-refractivity contribution in [2.24, 2.45) is 0 Å². The van der Waals surface area contributed by atoms with Gasteiger partial charge in [-0.3, -0.25) is 9.64 Å². The van der Waals surface area contributed by atoms with Crippen molar-refractivity contribution in [2.45, 2.75) is 51.8 Å². The number of hydrogen-bond donors (Lipinski definition) is 0. The van der Waals surface area contributed by atoms with Crippen LogP contribution in [0.25, 0.3) is 0 Å². The normalized spacial score (nSPS) is 27.5. The lowest BCUT2D eigenvalue weighted by Crippen LogP contribution is -2.44. The molecule has 6 heteroatoms. The van der Waals surface area contributed by atoms with Gasteiger partial charge in [-0.1, -0.05) is 13.8 Å². The summed E-state index contributed by atoms with van der Waals surface area (Å²) in [6.07, 6.45) is -5.29. The molecule has 1 aliphatic heterocycles. The van der Waals surface area contributed by atoms with E-state index in [1.807, 2.05) is 18.7 Å². The first-order valence-corrected chi connectivity index (χ1v) is 5.82. The van der Waals surface area contributed by atoms with Crippen LogP contribution in [0.2, 0.25) is 0 Å². The number of hydrogen-bond acceptors (Lipinski definition) is 3. The average Bonchev–Trinajstić information content (AvgIpc) is 2.59. The van der Waals surface area contributed by atoms with Gasteiger partial charge in [0.2, 0.25) is 0 Å². The van der Waals surface area contributed by atoms with E-state index in [1.54, 1.807) is 14.0 Å². The van der Waals surface area contributed by atoms with Gasteiger partial charge in [0.25, 0.3) is 0 Å². The zero-order chi connectivity index (χ0) is 13.6. The molecule has 3 nitrogen and oxygen atoms in total. The van der Waals surface area contributed by atoms with Crippen molar-refractivity contribution in [1.82, 2.24) is 4.90 Å². The molecule has 0 bridgehead atoms. The van der Waals surface area contributed by atoms with Crippen LogP contribution in [0.5, 0.6) is 0 Å². The molecule has 3 atom stereocenters. The zero-order valence-corrected chi connectivity index (χ0v) is 11.0. The molecular formula is C11H22F3NO2. The van der Waals surface area contributed by atoms with E-state index in [1.165, 1.54) is 7.11 Å². The molecule has 0 amide bonds. The lowest BCUT2D eigenvalue weighted by Gasteiger charge is -2.29. The second-order valence-electron chi connectivity index (χ2n) is 3.80. The minimum atomic E-state index is -4.57. The summed E-state index contributed by atoms with van der Waals surface area (Å²) in [4.78, 5) is 1.84. The van der Waals surface area contributed by atoms with Gasteiger partial charge in [0.15, 0.2) is 0 Å². The van der Waals surface area contributed by atoms with Gasteiger partial charge in [0.05, 0.1) is 18.2 Å². The van der Waals surface area contributed by atoms with Crippen LogP contribution < -0.4 is 0 Å². The van der Waals surface area contributed by atoms with E-state index >= 15 is 0 Å². The molecule has 1 fully saturated rings. The molecule has 0 aliphatic carbocycles. The van der Waals surface area contributed by atoms with E-state index in [4.69, 9.17) is 4.74 Å². The molecule has 0 radical (unpaired) electrons. The number of alkyl halides is 3. The largest absolute Gasteiger partial charge is 0.522 e. The summed E-state index contributed by atoms with van der Waals surface area (Å²) in [5, 5.41) is 0. The van der Waals surface area contributed by atoms with E-state index < -0.39 is 12.5 Å². The van der Waals surface area contributed by atoms with Gasteiger partial charge >= 0.3 is 6.36 Å². The van der Waals surface area contributed by atoms with Crippen molar-refractivity contribution in [1.29, 1.82) is 0 Å². The number of halogens is 3.